The van der Waals surface area contributed by atoms with Crippen LogP contribution >= 0.6 is 0 Å². The van der Waals surface area contributed by atoms with Crippen molar-refractivity contribution in [3.63, 3.8) is 0 Å². The third-order valence-corrected chi connectivity index (χ3v) is 1.93. The number of ether oxygens (including phenoxy) is 1. The molecule has 0 heterocycles. The summed E-state index contributed by atoms with van der Waals surface area (Å²) < 4.78 is 4.72. The van der Waals surface area contributed by atoms with Gasteiger partial charge in [0.05, 0.1) is 6.61 Å². The van der Waals surface area contributed by atoms with Crippen LogP contribution in [0.4, 0.5) is 0 Å². The van der Waals surface area contributed by atoms with Crippen molar-refractivity contribution < 1.29 is 19.6 Å². The molecule has 0 fully saturated rings. The van der Waals surface area contributed by atoms with Gasteiger partial charge in [0.2, 0.25) is 0 Å². The Kier molecular flexibility index (Phi) is 4.76. The Balaban J connectivity index is 2.65. The highest BCUT2D eigenvalue weighted by Gasteiger charge is 2.08. The van der Waals surface area contributed by atoms with Gasteiger partial charge in [-0.05, 0) is 24.0 Å². The lowest BCUT2D eigenvalue weighted by Gasteiger charge is -1.99. The molecule has 4 nitrogen and oxygen atoms in total. The predicted molar refractivity (Wildman–Crippen MR) is 61.9 cm³/mol. The maximum absolute atomic E-state index is 11.0. The topological polar surface area (TPSA) is 66.8 Å². The van der Waals surface area contributed by atoms with Crippen molar-refractivity contribution in [1.29, 1.82) is 0 Å². The predicted octanol–water partition coefficient (Wildman–Crippen LogP) is -0.0573. The van der Waals surface area contributed by atoms with E-state index in [-0.39, 0.29) is 0 Å². The number of hydrogen-bond donors (Lipinski definition) is 2. The van der Waals surface area contributed by atoms with E-state index in [4.69, 9.17) is 14.8 Å². The first-order valence-electron chi connectivity index (χ1n) is 4.94. The van der Waals surface area contributed by atoms with E-state index in [0.717, 1.165) is 5.56 Å². The molecule has 0 saturated carbocycles. The third-order valence-electron chi connectivity index (χ3n) is 1.93. The highest BCUT2D eigenvalue weighted by atomic mass is 16.5. The number of hydrogen-bond acceptors (Lipinski definition) is 4. The third kappa shape index (κ3) is 3.88. The van der Waals surface area contributed by atoms with Crippen LogP contribution in [0.25, 0.3) is 6.08 Å². The van der Waals surface area contributed by atoms with Crippen molar-refractivity contribution in [1.82, 2.24) is 0 Å². The molecular weight excluding hydrogens is 207 g/mol. The normalized spacial score (nSPS) is 10.4. The van der Waals surface area contributed by atoms with Crippen LogP contribution in [0.1, 0.15) is 12.5 Å². The zero-order valence-corrected chi connectivity index (χ0v) is 8.96. The Morgan fingerprint density at radius 3 is 2.50 bits per heavy atom. The van der Waals surface area contributed by atoms with Gasteiger partial charge in [0.1, 0.15) is 0 Å². The van der Waals surface area contributed by atoms with E-state index in [9.17, 15) is 4.79 Å². The second-order valence-corrected chi connectivity index (χ2v) is 3.13. The molecule has 0 aliphatic rings. The number of carbonyl (C=O) groups is 1. The van der Waals surface area contributed by atoms with Crippen LogP contribution in [0.2, 0.25) is 0 Å². The minimum atomic E-state index is -1.47. The second-order valence-electron chi connectivity index (χ2n) is 3.13. The first-order chi connectivity index (χ1) is 7.63. The summed E-state index contributed by atoms with van der Waals surface area (Å²) in [7, 11) is -1.47. The summed E-state index contributed by atoms with van der Waals surface area (Å²) in [4.78, 5) is 11.0. The molecule has 0 atom stereocenters. The van der Waals surface area contributed by atoms with Crippen LogP contribution in [-0.2, 0) is 9.53 Å². The van der Waals surface area contributed by atoms with E-state index < -0.39 is 13.1 Å². The van der Waals surface area contributed by atoms with Gasteiger partial charge < -0.3 is 14.8 Å². The maximum atomic E-state index is 11.0. The van der Waals surface area contributed by atoms with E-state index >= 15 is 0 Å². The van der Waals surface area contributed by atoms with Crippen LogP contribution in [-0.4, -0.2) is 29.7 Å². The largest absolute Gasteiger partial charge is 0.488 e. The van der Waals surface area contributed by atoms with Gasteiger partial charge in [-0.1, -0.05) is 24.3 Å². The SMILES string of the molecule is CCOC(=O)C=Cc1ccc(B(O)O)cc1. The molecule has 5 heteroatoms. The van der Waals surface area contributed by atoms with Crippen LogP contribution in [0.5, 0.6) is 0 Å². The summed E-state index contributed by atoms with van der Waals surface area (Å²) in [6.07, 6.45) is 2.93. The van der Waals surface area contributed by atoms with Gasteiger partial charge in [0.25, 0.3) is 0 Å². The average molecular weight is 220 g/mol. The average Bonchev–Trinajstić information content (AvgIpc) is 2.27. The molecule has 0 saturated heterocycles. The highest BCUT2D eigenvalue weighted by molar-refractivity contribution is 6.58. The number of rotatable bonds is 4. The van der Waals surface area contributed by atoms with Crippen LogP contribution in [0.3, 0.4) is 0 Å². The van der Waals surface area contributed by atoms with E-state index in [1.807, 2.05) is 0 Å². The van der Waals surface area contributed by atoms with Gasteiger partial charge in [0, 0.05) is 6.08 Å². The molecule has 0 aromatic heterocycles. The Bertz CT molecular complexity index is 370. The fourth-order valence-electron chi connectivity index (χ4n) is 1.13. The zero-order valence-electron chi connectivity index (χ0n) is 8.96. The highest BCUT2D eigenvalue weighted by Crippen LogP contribution is 2.00. The van der Waals surface area contributed by atoms with E-state index in [2.05, 4.69) is 0 Å². The molecule has 0 aliphatic carbocycles. The summed E-state index contributed by atoms with van der Waals surface area (Å²) in [5, 5.41) is 17.7. The minimum Gasteiger partial charge on any atom is -0.463 e. The van der Waals surface area contributed by atoms with E-state index in [0.29, 0.717) is 12.1 Å². The quantitative estimate of drug-likeness (QED) is 0.424. The van der Waals surface area contributed by atoms with Crippen molar-refractivity contribution in [3.8, 4) is 0 Å². The van der Waals surface area contributed by atoms with Gasteiger partial charge in [-0.2, -0.15) is 0 Å². The fourth-order valence-corrected chi connectivity index (χ4v) is 1.13. The molecule has 2 N–H and O–H groups in total. The molecule has 0 radical (unpaired) electrons. The smallest absolute Gasteiger partial charge is 0.463 e. The van der Waals surface area contributed by atoms with Gasteiger partial charge in [-0.25, -0.2) is 4.79 Å². The zero-order chi connectivity index (χ0) is 12.0. The summed E-state index contributed by atoms with van der Waals surface area (Å²) >= 11 is 0. The van der Waals surface area contributed by atoms with Gasteiger partial charge in [-0.3, -0.25) is 0 Å². The Labute approximate surface area is 94.3 Å². The fraction of sp³-hybridized carbons (Fsp3) is 0.182. The molecule has 84 valence electrons. The molecule has 0 amide bonds. The molecule has 1 rings (SSSR count). The van der Waals surface area contributed by atoms with Crippen LogP contribution < -0.4 is 5.46 Å². The van der Waals surface area contributed by atoms with Crippen LogP contribution in [0.15, 0.2) is 30.3 Å². The number of benzene rings is 1. The Hall–Kier alpha value is -1.59. The first kappa shape index (κ1) is 12.5. The standard InChI is InChI=1S/C11H13BO4/c1-2-16-11(13)8-5-9-3-6-10(7-4-9)12(14)15/h3-8,14-15H,2H2,1H3. The van der Waals surface area contributed by atoms with Gasteiger partial charge in [0.15, 0.2) is 0 Å². The minimum absolute atomic E-state index is 0.346. The Morgan fingerprint density at radius 2 is 2.00 bits per heavy atom. The summed E-state index contributed by atoms with van der Waals surface area (Å²) in [5.41, 5.74) is 1.20. The lowest BCUT2D eigenvalue weighted by Crippen LogP contribution is -2.29. The molecule has 0 aliphatic heterocycles. The lowest BCUT2D eigenvalue weighted by molar-refractivity contribution is -0.137. The number of carbonyl (C=O) groups excluding carboxylic acids is 1. The summed E-state index contributed by atoms with van der Waals surface area (Å²) in [6.45, 7) is 2.09. The molecule has 16 heavy (non-hydrogen) atoms. The summed E-state index contributed by atoms with van der Waals surface area (Å²) in [6, 6.07) is 6.53. The molecule has 1 aromatic rings. The Morgan fingerprint density at radius 1 is 1.38 bits per heavy atom. The van der Waals surface area contributed by atoms with E-state index in [1.54, 1.807) is 37.3 Å². The maximum Gasteiger partial charge on any atom is 0.488 e. The van der Waals surface area contributed by atoms with Crippen molar-refractivity contribution in [2.75, 3.05) is 6.61 Å². The second kappa shape index (κ2) is 6.10. The monoisotopic (exact) mass is 220 g/mol. The van der Waals surface area contributed by atoms with Crippen molar-refractivity contribution in [2.24, 2.45) is 0 Å². The van der Waals surface area contributed by atoms with Gasteiger partial charge in [-0.15, -0.1) is 0 Å². The van der Waals surface area contributed by atoms with E-state index in [1.165, 1.54) is 6.08 Å². The molecular formula is C11H13BO4. The molecule has 1 aromatic carbocycles. The van der Waals surface area contributed by atoms with Crippen molar-refractivity contribution >= 4 is 24.6 Å². The molecule has 0 unspecified atom stereocenters. The van der Waals surface area contributed by atoms with Crippen molar-refractivity contribution in [2.45, 2.75) is 6.92 Å². The lowest BCUT2D eigenvalue weighted by atomic mass is 9.80. The molecule has 0 spiro atoms. The molecule has 0 bridgehead atoms. The number of esters is 1. The summed E-state index contributed by atoms with van der Waals surface area (Å²) in [5.74, 6) is -0.395. The van der Waals surface area contributed by atoms with Crippen molar-refractivity contribution in [3.05, 3.63) is 35.9 Å². The first-order valence-corrected chi connectivity index (χ1v) is 4.94. The van der Waals surface area contributed by atoms with Crippen LogP contribution in [0, 0.1) is 0 Å². The van der Waals surface area contributed by atoms with Gasteiger partial charge >= 0.3 is 13.1 Å².